The lowest BCUT2D eigenvalue weighted by Crippen LogP contribution is -2.40. The summed E-state index contributed by atoms with van der Waals surface area (Å²) in [5.74, 6) is 0. The second-order valence-corrected chi connectivity index (χ2v) is 5.12. The third kappa shape index (κ3) is 2.73. The molecule has 7 heteroatoms. The highest BCUT2D eigenvalue weighted by Crippen LogP contribution is 2.21. The molecule has 0 saturated heterocycles. The van der Waals surface area contributed by atoms with E-state index in [1.807, 2.05) is 0 Å². The van der Waals surface area contributed by atoms with Crippen LogP contribution in [0.3, 0.4) is 0 Å². The van der Waals surface area contributed by atoms with Crippen molar-refractivity contribution in [2.75, 3.05) is 5.73 Å². The summed E-state index contributed by atoms with van der Waals surface area (Å²) in [4.78, 5) is 24.2. The highest BCUT2D eigenvalue weighted by Gasteiger charge is 2.11. The monoisotopic (exact) mass is 313 g/mol. The lowest BCUT2D eigenvalue weighted by molar-refractivity contribution is 0.603. The SMILES string of the molecule is CCn1cc(N)c(=O)n(Cc2ccc(Cl)cc2Cl)c1=O. The number of nitrogens with zero attached hydrogens (tertiary/aromatic N) is 2. The zero-order valence-corrected chi connectivity index (χ0v) is 12.3. The molecule has 0 aliphatic carbocycles. The summed E-state index contributed by atoms with van der Waals surface area (Å²) in [5, 5.41) is 0.888. The van der Waals surface area contributed by atoms with Gasteiger partial charge in [-0.15, -0.1) is 0 Å². The molecule has 0 atom stereocenters. The average molecular weight is 314 g/mol. The van der Waals surface area contributed by atoms with Gasteiger partial charge in [0.2, 0.25) is 0 Å². The van der Waals surface area contributed by atoms with Gasteiger partial charge in [-0.25, -0.2) is 4.79 Å². The Bertz CT molecular complexity index is 765. The minimum atomic E-state index is -0.522. The van der Waals surface area contributed by atoms with Crippen molar-refractivity contribution in [3.05, 3.63) is 60.8 Å². The maximum absolute atomic E-state index is 12.2. The van der Waals surface area contributed by atoms with E-state index in [1.54, 1.807) is 25.1 Å². The predicted molar refractivity (Wildman–Crippen MR) is 80.6 cm³/mol. The molecule has 0 aliphatic heterocycles. The maximum atomic E-state index is 12.2. The zero-order valence-electron chi connectivity index (χ0n) is 10.8. The summed E-state index contributed by atoms with van der Waals surface area (Å²) in [6, 6.07) is 4.89. The Morgan fingerprint density at radius 1 is 1.25 bits per heavy atom. The van der Waals surface area contributed by atoms with Gasteiger partial charge >= 0.3 is 5.69 Å². The summed E-state index contributed by atoms with van der Waals surface area (Å²) in [6.45, 7) is 2.28. The van der Waals surface area contributed by atoms with Crippen LogP contribution in [0.25, 0.3) is 0 Å². The minimum Gasteiger partial charge on any atom is -0.393 e. The van der Waals surface area contributed by atoms with E-state index in [2.05, 4.69) is 0 Å². The maximum Gasteiger partial charge on any atom is 0.331 e. The van der Waals surface area contributed by atoms with Crippen molar-refractivity contribution in [2.45, 2.75) is 20.0 Å². The van der Waals surface area contributed by atoms with Crippen molar-refractivity contribution in [1.29, 1.82) is 0 Å². The Morgan fingerprint density at radius 2 is 1.95 bits per heavy atom. The van der Waals surface area contributed by atoms with E-state index in [0.29, 0.717) is 22.2 Å². The van der Waals surface area contributed by atoms with Gasteiger partial charge in [0, 0.05) is 22.8 Å². The molecule has 1 heterocycles. The summed E-state index contributed by atoms with van der Waals surface area (Å²) in [5.41, 5.74) is 5.35. The number of hydrogen-bond acceptors (Lipinski definition) is 3. The predicted octanol–water partition coefficient (Wildman–Crippen LogP) is 1.97. The molecule has 20 heavy (non-hydrogen) atoms. The van der Waals surface area contributed by atoms with Crippen LogP contribution < -0.4 is 17.0 Å². The fourth-order valence-electron chi connectivity index (χ4n) is 1.86. The first kappa shape index (κ1) is 14.7. The van der Waals surface area contributed by atoms with Crippen LogP contribution in [0.15, 0.2) is 34.0 Å². The van der Waals surface area contributed by atoms with E-state index in [9.17, 15) is 9.59 Å². The van der Waals surface area contributed by atoms with Crippen LogP contribution in [0.4, 0.5) is 5.69 Å². The molecule has 2 N–H and O–H groups in total. The molecule has 0 radical (unpaired) electrons. The molecule has 0 fully saturated rings. The summed E-state index contributed by atoms with van der Waals surface area (Å²) >= 11 is 11.9. The second kappa shape index (κ2) is 5.73. The van der Waals surface area contributed by atoms with E-state index in [1.165, 1.54) is 10.8 Å². The first-order valence-corrected chi connectivity index (χ1v) is 6.73. The van der Waals surface area contributed by atoms with Gasteiger partial charge in [-0.05, 0) is 24.6 Å². The second-order valence-electron chi connectivity index (χ2n) is 4.28. The van der Waals surface area contributed by atoms with Crippen LogP contribution in [0.5, 0.6) is 0 Å². The quantitative estimate of drug-likeness (QED) is 0.941. The molecule has 0 unspecified atom stereocenters. The normalized spacial score (nSPS) is 10.8. The summed E-state index contributed by atoms with van der Waals surface area (Å²) in [6.07, 6.45) is 1.35. The molecule has 1 aromatic heterocycles. The molecule has 0 aliphatic rings. The third-order valence-corrected chi connectivity index (χ3v) is 3.53. The van der Waals surface area contributed by atoms with Crippen molar-refractivity contribution in [1.82, 2.24) is 9.13 Å². The van der Waals surface area contributed by atoms with E-state index in [0.717, 1.165) is 4.57 Å². The van der Waals surface area contributed by atoms with Crippen LogP contribution in [0.2, 0.25) is 10.0 Å². The molecule has 106 valence electrons. The van der Waals surface area contributed by atoms with Gasteiger partial charge in [-0.2, -0.15) is 0 Å². The van der Waals surface area contributed by atoms with E-state index in [-0.39, 0.29) is 12.2 Å². The van der Waals surface area contributed by atoms with Crippen molar-refractivity contribution in [3.63, 3.8) is 0 Å². The van der Waals surface area contributed by atoms with Gasteiger partial charge < -0.3 is 5.73 Å². The average Bonchev–Trinajstić information content (AvgIpc) is 2.41. The van der Waals surface area contributed by atoms with Gasteiger partial charge in [0.1, 0.15) is 5.69 Å². The number of halogens is 2. The van der Waals surface area contributed by atoms with Gasteiger partial charge in [0.05, 0.1) is 6.54 Å². The number of aryl methyl sites for hydroxylation is 1. The van der Waals surface area contributed by atoms with Crippen molar-refractivity contribution in [3.8, 4) is 0 Å². The van der Waals surface area contributed by atoms with E-state index in [4.69, 9.17) is 28.9 Å². The van der Waals surface area contributed by atoms with Crippen molar-refractivity contribution in [2.24, 2.45) is 0 Å². The molecular formula is C13H13Cl2N3O2. The molecule has 1 aromatic carbocycles. The van der Waals surface area contributed by atoms with Crippen LogP contribution in [-0.4, -0.2) is 9.13 Å². The fourth-order valence-corrected chi connectivity index (χ4v) is 2.33. The fraction of sp³-hybridized carbons (Fsp3) is 0.231. The third-order valence-electron chi connectivity index (χ3n) is 2.95. The first-order valence-electron chi connectivity index (χ1n) is 5.97. The molecule has 5 nitrogen and oxygen atoms in total. The Balaban J connectivity index is 2.56. The highest BCUT2D eigenvalue weighted by atomic mass is 35.5. The van der Waals surface area contributed by atoms with Crippen molar-refractivity contribution >= 4 is 28.9 Å². The summed E-state index contributed by atoms with van der Waals surface area (Å²) in [7, 11) is 0. The standard InChI is InChI=1S/C13H13Cl2N3O2/c1-2-17-7-11(16)12(19)18(13(17)20)6-8-3-4-9(14)5-10(8)15/h3-5,7H,2,6,16H2,1H3. The van der Waals surface area contributed by atoms with Crippen LogP contribution in [0.1, 0.15) is 12.5 Å². The Kier molecular flexibility index (Phi) is 4.20. The molecule has 0 saturated carbocycles. The van der Waals surface area contributed by atoms with Gasteiger partial charge in [-0.3, -0.25) is 13.9 Å². The topological polar surface area (TPSA) is 70.0 Å². The van der Waals surface area contributed by atoms with Gasteiger partial charge in [0.25, 0.3) is 5.56 Å². The van der Waals surface area contributed by atoms with Gasteiger partial charge in [-0.1, -0.05) is 29.3 Å². The minimum absolute atomic E-state index is 0.0246. The number of anilines is 1. The number of benzene rings is 1. The zero-order chi connectivity index (χ0) is 14.9. The molecule has 0 bridgehead atoms. The van der Waals surface area contributed by atoms with Crippen LogP contribution in [0, 0.1) is 0 Å². The molecule has 0 amide bonds. The van der Waals surface area contributed by atoms with E-state index >= 15 is 0 Å². The first-order chi connectivity index (χ1) is 9.43. The molecule has 2 aromatic rings. The number of hydrogen-bond donors (Lipinski definition) is 1. The Hall–Kier alpha value is -1.72. The molecule has 2 rings (SSSR count). The lowest BCUT2D eigenvalue weighted by atomic mass is 10.2. The lowest BCUT2D eigenvalue weighted by Gasteiger charge is -2.11. The van der Waals surface area contributed by atoms with Crippen LogP contribution >= 0.6 is 23.2 Å². The van der Waals surface area contributed by atoms with Crippen LogP contribution in [-0.2, 0) is 13.1 Å². The molecule has 0 spiro atoms. The number of aromatic nitrogens is 2. The smallest absolute Gasteiger partial charge is 0.331 e. The van der Waals surface area contributed by atoms with Gasteiger partial charge in [0.15, 0.2) is 0 Å². The summed E-state index contributed by atoms with van der Waals surface area (Å²) < 4.78 is 2.44. The Labute approximate surface area is 125 Å². The number of nitrogens with two attached hydrogens (primary N) is 1. The highest BCUT2D eigenvalue weighted by molar-refractivity contribution is 6.35. The number of rotatable bonds is 3. The van der Waals surface area contributed by atoms with Crippen molar-refractivity contribution < 1.29 is 0 Å². The largest absolute Gasteiger partial charge is 0.393 e. The van der Waals surface area contributed by atoms with E-state index < -0.39 is 11.2 Å². The number of nitrogen functional groups attached to an aromatic ring is 1. The molecular weight excluding hydrogens is 301 g/mol. The Morgan fingerprint density at radius 3 is 2.55 bits per heavy atom.